The van der Waals surface area contributed by atoms with E-state index in [9.17, 15) is 9.59 Å². The number of hydrogen-bond acceptors (Lipinski definition) is 4. The van der Waals surface area contributed by atoms with Gasteiger partial charge in [-0.15, -0.1) is 0 Å². The average Bonchev–Trinajstić information content (AvgIpc) is 2.88. The lowest BCUT2D eigenvalue weighted by Gasteiger charge is -2.33. The molecule has 21 heavy (non-hydrogen) atoms. The molecule has 1 unspecified atom stereocenters. The Labute approximate surface area is 126 Å². The summed E-state index contributed by atoms with van der Waals surface area (Å²) in [5.74, 6) is 0.0997. The van der Waals surface area contributed by atoms with Gasteiger partial charge in [-0.25, -0.2) is 0 Å². The van der Waals surface area contributed by atoms with Gasteiger partial charge in [0.25, 0.3) is 0 Å². The van der Waals surface area contributed by atoms with E-state index in [1.807, 2.05) is 11.8 Å². The maximum Gasteiger partial charge on any atom is 0.227 e. The number of nitrogens with two attached hydrogens (primary N) is 1. The number of carbonyl (C=O) groups excluding carboxylic acids is 2. The minimum atomic E-state index is -0.146. The van der Waals surface area contributed by atoms with Gasteiger partial charge in [0.05, 0.1) is 12.0 Å². The van der Waals surface area contributed by atoms with Crippen LogP contribution in [0.25, 0.3) is 0 Å². The van der Waals surface area contributed by atoms with E-state index in [0.29, 0.717) is 32.7 Å². The fourth-order valence-corrected chi connectivity index (χ4v) is 3.08. The van der Waals surface area contributed by atoms with E-state index in [0.717, 1.165) is 32.4 Å². The van der Waals surface area contributed by atoms with Crippen molar-refractivity contribution < 1.29 is 14.3 Å². The molecule has 6 nitrogen and oxygen atoms in total. The third kappa shape index (κ3) is 4.17. The molecule has 2 aliphatic heterocycles. The molecule has 0 aromatic heterocycles. The zero-order valence-electron chi connectivity index (χ0n) is 12.9. The summed E-state index contributed by atoms with van der Waals surface area (Å²) in [7, 11) is 0. The zero-order valence-corrected chi connectivity index (χ0v) is 12.9. The standard InChI is InChI=1S/C15H27N3O3/c1-2-17-11-12(10-14(17)19)15(20)18-7-4-13(5-8-18)21-9-3-6-16/h12-13H,2-11,16H2,1H3. The number of carbonyl (C=O) groups is 2. The van der Waals surface area contributed by atoms with Crippen molar-refractivity contribution in [3.8, 4) is 0 Å². The molecular weight excluding hydrogens is 270 g/mol. The number of rotatable bonds is 6. The largest absolute Gasteiger partial charge is 0.378 e. The first-order valence-electron chi connectivity index (χ1n) is 8.04. The normalized spacial score (nSPS) is 23.9. The van der Waals surface area contributed by atoms with Crippen LogP contribution in [-0.2, 0) is 14.3 Å². The highest BCUT2D eigenvalue weighted by molar-refractivity contribution is 5.89. The molecule has 2 amide bonds. The SMILES string of the molecule is CCN1CC(C(=O)N2CCC(OCCCN)CC2)CC1=O. The highest BCUT2D eigenvalue weighted by Crippen LogP contribution is 2.22. The van der Waals surface area contributed by atoms with Gasteiger partial charge in [-0.05, 0) is 32.7 Å². The summed E-state index contributed by atoms with van der Waals surface area (Å²) in [6, 6.07) is 0. The molecule has 2 saturated heterocycles. The van der Waals surface area contributed by atoms with Gasteiger partial charge in [0.15, 0.2) is 0 Å². The van der Waals surface area contributed by atoms with Gasteiger partial charge in [-0.1, -0.05) is 0 Å². The van der Waals surface area contributed by atoms with Crippen LogP contribution < -0.4 is 5.73 Å². The first kappa shape index (κ1) is 16.2. The van der Waals surface area contributed by atoms with Gasteiger partial charge >= 0.3 is 0 Å². The van der Waals surface area contributed by atoms with Crippen molar-refractivity contribution in [3.05, 3.63) is 0 Å². The highest BCUT2D eigenvalue weighted by atomic mass is 16.5. The number of likely N-dealkylation sites (tertiary alicyclic amines) is 2. The van der Waals surface area contributed by atoms with Crippen LogP contribution in [0.1, 0.15) is 32.6 Å². The van der Waals surface area contributed by atoms with E-state index in [-0.39, 0.29) is 23.8 Å². The Bertz CT molecular complexity index is 367. The summed E-state index contributed by atoms with van der Waals surface area (Å²) < 4.78 is 5.75. The molecule has 2 aliphatic rings. The van der Waals surface area contributed by atoms with Crippen LogP contribution >= 0.6 is 0 Å². The minimum absolute atomic E-state index is 0.107. The quantitative estimate of drug-likeness (QED) is 0.711. The molecule has 0 spiro atoms. The van der Waals surface area contributed by atoms with Crippen molar-refractivity contribution in [2.24, 2.45) is 11.7 Å². The predicted octanol–water partition coefficient (Wildman–Crippen LogP) is 0.211. The van der Waals surface area contributed by atoms with E-state index < -0.39 is 0 Å². The van der Waals surface area contributed by atoms with E-state index in [4.69, 9.17) is 10.5 Å². The summed E-state index contributed by atoms with van der Waals surface area (Å²) in [6.07, 6.45) is 3.27. The van der Waals surface area contributed by atoms with E-state index in [1.165, 1.54) is 0 Å². The lowest BCUT2D eigenvalue weighted by molar-refractivity contribution is -0.138. The van der Waals surface area contributed by atoms with Crippen LogP contribution in [0.15, 0.2) is 0 Å². The number of hydrogen-bond donors (Lipinski definition) is 1. The second kappa shape index (κ2) is 7.75. The maximum atomic E-state index is 12.5. The first-order valence-corrected chi connectivity index (χ1v) is 8.04. The van der Waals surface area contributed by atoms with Crippen molar-refractivity contribution in [2.45, 2.75) is 38.7 Å². The van der Waals surface area contributed by atoms with E-state index in [1.54, 1.807) is 4.90 Å². The minimum Gasteiger partial charge on any atom is -0.378 e. The topological polar surface area (TPSA) is 75.9 Å². The van der Waals surface area contributed by atoms with Crippen molar-refractivity contribution in [3.63, 3.8) is 0 Å². The summed E-state index contributed by atoms with van der Waals surface area (Å²) in [5, 5.41) is 0. The highest BCUT2D eigenvalue weighted by Gasteiger charge is 2.36. The third-order valence-electron chi connectivity index (χ3n) is 4.40. The molecule has 2 N–H and O–H groups in total. The van der Waals surface area contributed by atoms with Crippen molar-refractivity contribution in [2.75, 3.05) is 39.3 Å². The van der Waals surface area contributed by atoms with Gasteiger partial charge in [-0.2, -0.15) is 0 Å². The van der Waals surface area contributed by atoms with Gasteiger partial charge in [0, 0.05) is 39.2 Å². The molecule has 120 valence electrons. The summed E-state index contributed by atoms with van der Waals surface area (Å²) in [6.45, 7) is 6.07. The maximum absolute atomic E-state index is 12.5. The van der Waals surface area contributed by atoms with Gasteiger partial charge in [0.2, 0.25) is 11.8 Å². The first-order chi connectivity index (χ1) is 10.2. The predicted molar refractivity (Wildman–Crippen MR) is 79.6 cm³/mol. The van der Waals surface area contributed by atoms with Crippen molar-refractivity contribution >= 4 is 11.8 Å². The molecule has 2 fully saturated rings. The Hall–Kier alpha value is -1.14. The molecule has 2 heterocycles. The smallest absolute Gasteiger partial charge is 0.227 e. The van der Waals surface area contributed by atoms with Gasteiger partial charge in [0.1, 0.15) is 0 Å². The van der Waals surface area contributed by atoms with Crippen LogP contribution in [0.3, 0.4) is 0 Å². The number of piperidine rings is 1. The van der Waals surface area contributed by atoms with Crippen LogP contribution in [-0.4, -0.2) is 67.0 Å². The van der Waals surface area contributed by atoms with Crippen LogP contribution in [0.2, 0.25) is 0 Å². The van der Waals surface area contributed by atoms with Crippen LogP contribution in [0, 0.1) is 5.92 Å². The van der Waals surface area contributed by atoms with Gasteiger partial charge in [-0.3, -0.25) is 9.59 Å². The monoisotopic (exact) mass is 297 g/mol. The molecule has 1 atom stereocenters. The lowest BCUT2D eigenvalue weighted by Crippen LogP contribution is -2.44. The second-order valence-electron chi connectivity index (χ2n) is 5.87. The molecule has 0 aromatic carbocycles. The van der Waals surface area contributed by atoms with E-state index >= 15 is 0 Å². The number of nitrogens with zero attached hydrogens (tertiary/aromatic N) is 2. The molecule has 0 bridgehead atoms. The molecule has 0 aromatic rings. The number of ether oxygens (including phenoxy) is 1. The Morgan fingerprint density at radius 2 is 2.10 bits per heavy atom. The van der Waals surface area contributed by atoms with Crippen molar-refractivity contribution in [1.82, 2.24) is 9.80 Å². The molecule has 2 rings (SSSR count). The Morgan fingerprint density at radius 3 is 2.67 bits per heavy atom. The molecule has 0 radical (unpaired) electrons. The van der Waals surface area contributed by atoms with Crippen LogP contribution in [0.5, 0.6) is 0 Å². The fourth-order valence-electron chi connectivity index (χ4n) is 3.08. The summed E-state index contributed by atoms with van der Waals surface area (Å²) in [5.41, 5.74) is 5.45. The Kier molecular flexibility index (Phi) is 5.99. The van der Waals surface area contributed by atoms with Crippen LogP contribution in [0.4, 0.5) is 0 Å². The lowest BCUT2D eigenvalue weighted by atomic mass is 10.0. The van der Waals surface area contributed by atoms with E-state index in [2.05, 4.69) is 0 Å². The molecular formula is C15H27N3O3. The molecule has 6 heteroatoms. The summed E-state index contributed by atoms with van der Waals surface area (Å²) >= 11 is 0. The molecule has 0 saturated carbocycles. The number of amides is 2. The summed E-state index contributed by atoms with van der Waals surface area (Å²) in [4.78, 5) is 27.9. The second-order valence-corrected chi connectivity index (χ2v) is 5.87. The average molecular weight is 297 g/mol. The zero-order chi connectivity index (χ0) is 15.2. The third-order valence-corrected chi connectivity index (χ3v) is 4.40. The Balaban J connectivity index is 1.74. The van der Waals surface area contributed by atoms with Gasteiger partial charge < -0.3 is 20.3 Å². The fraction of sp³-hybridized carbons (Fsp3) is 0.867. The Morgan fingerprint density at radius 1 is 1.38 bits per heavy atom. The molecule has 0 aliphatic carbocycles. The van der Waals surface area contributed by atoms with Crippen molar-refractivity contribution in [1.29, 1.82) is 0 Å².